The lowest BCUT2D eigenvalue weighted by molar-refractivity contribution is -0.168. The SMILES string of the molecule is O=C(OCCC(F)(F)C(F)(F)S(=O)(=O)O)c1c2ccccc2cc2ccccc12. The fourth-order valence-electron chi connectivity index (χ4n) is 2.91. The van der Waals surface area contributed by atoms with Gasteiger partial charge in [0.25, 0.3) is 0 Å². The fraction of sp³-hybridized carbons (Fsp3) is 0.211. The Hall–Kier alpha value is -2.72. The van der Waals surface area contributed by atoms with Crippen LogP contribution in [0, 0.1) is 0 Å². The number of benzene rings is 3. The summed E-state index contributed by atoms with van der Waals surface area (Å²) in [7, 11) is -6.34. The Morgan fingerprint density at radius 3 is 1.90 bits per heavy atom. The van der Waals surface area contributed by atoms with Crippen molar-refractivity contribution in [3.05, 3.63) is 60.2 Å². The smallest absolute Gasteiger partial charge is 0.431 e. The lowest BCUT2D eigenvalue weighted by Gasteiger charge is -2.23. The van der Waals surface area contributed by atoms with Gasteiger partial charge in [-0.1, -0.05) is 48.5 Å². The van der Waals surface area contributed by atoms with Crippen LogP contribution in [0.15, 0.2) is 54.6 Å². The number of esters is 1. The molecule has 0 spiro atoms. The maximum absolute atomic E-state index is 13.6. The van der Waals surface area contributed by atoms with Crippen molar-refractivity contribution in [1.29, 1.82) is 0 Å². The van der Waals surface area contributed by atoms with Crippen molar-refractivity contribution < 1.29 is 40.1 Å². The molecular weight excluding hydrogens is 416 g/mol. The minimum absolute atomic E-state index is 0.0727. The van der Waals surface area contributed by atoms with E-state index in [2.05, 4.69) is 0 Å². The van der Waals surface area contributed by atoms with Crippen molar-refractivity contribution in [2.75, 3.05) is 6.61 Å². The van der Waals surface area contributed by atoms with Crippen LogP contribution >= 0.6 is 0 Å². The molecule has 0 saturated heterocycles. The molecule has 0 amide bonds. The number of alkyl halides is 4. The molecule has 0 bridgehead atoms. The molecule has 0 saturated carbocycles. The molecule has 0 atom stereocenters. The predicted molar refractivity (Wildman–Crippen MR) is 97.8 cm³/mol. The first kappa shape index (κ1) is 21.0. The molecule has 0 aliphatic carbocycles. The molecule has 3 aromatic carbocycles. The second-order valence-electron chi connectivity index (χ2n) is 6.28. The van der Waals surface area contributed by atoms with Crippen LogP contribution in [0.3, 0.4) is 0 Å². The van der Waals surface area contributed by atoms with Gasteiger partial charge in [-0.3, -0.25) is 4.55 Å². The first-order valence-electron chi connectivity index (χ1n) is 8.26. The highest BCUT2D eigenvalue weighted by Crippen LogP contribution is 2.40. The molecule has 0 aliphatic heterocycles. The number of halogens is 4. The van der Waals surface area contributed by atoms with Crippen LogP contribution in [0.1, 0.15) is 16.8 Å². The van der Waals surface area contributed by atoms with E-state index in [0.29, 0.717) is 21.5 Å². The maximum atomic E-state index is 13.6. The summed E-state index contributed by atoms with van der Waals surface area (Å²) < 4.78 is 87.8. The van der Waals surface area contributed by atoms with E-state index in [9.17, 15) is 30.8 Å². The van der Waals surface area contributed by atoms with Crippen molar-refractivity contribution in [3.8, 4) is 0 Å². The third kappa shape index (κ3) is 3.77. The highest BCUT2D eigenvalue weighted by atomic mass is 32.2. The normalized spacial score (nSPS) is 13.0. The summed E-state index contributed by atoms with van der Waals surface area (Å²) in [6.45, 7) is -1.19. The number of carbonyl (C=O) groups is 1. The van der Waals surface area contributed by atoms with Crippen LogP contribution in [0.5, 0.6) is 0 Å². The second-order valence-corrected chi connectivity index (χ2v) is 7.74. The lowest BCUT2D eigenvalue weighted by atomic mass is 9.97. The van der Waals surface area contributed by atoms with Crippen LogP contribution in [0.2, 0.25) is 0 Å². The van der Waals surface area contributed by atoms with E-state index in [1.165, 1.54) is 0 Å². The summed E-state index contributed by atoms with van der Waals surface area (Å²) >= 11 is 0. The van der Waals surface area contributed by atoms with Gasteiger partial charge in [-0.2, -0.15) is 26.0 Å². The number of hydrogen-bond donors (Lipinski definition) is 1. The fourth-order valence-corrected chi connectivity index (χ4v) is 3.39. The van der Waals surface area contributed by atoms with Gasteiger partial charge in [0.1, 0.15) is 0 Å². The Morgan fingerprint density at radius 2 is 1.41 bits per heavy atom. The van der Waals surface area contributed by atoms with Crippen LogP contribution < -0.4 is 0 Å². The minimum Gasteiger partial charge on any atom is -0.462 e. The average Bonchev–Trinajstić information content (AvgIpc) is 2.64. The molecule has 0 heterocycles. The number of fused-ring (bicyclic) bond motifs is 2. The zero-order valence-corrected chi connectivity index (χ0v) is 15.4. The van der Waals surface area contributed by atoms with Gasteiger partial charge in [0.15, 0.2) is 0 Å². The van der Waals surface area contributed by atoms with E-state index in [-0.39, 0.29) is 5.56 Å². The standard InChI is InChI=1S/C19H14F4O5S/c20-18(21,19(22,23)29(25,26)27)9-10-28-17(24)16-14-7-3-1-5-12(14)11-13-6-2-4-8-15(13)16/h1-8,11H,9-10H2,(H,25,26,27). The van der Waals surface area contributed by atoms with E-state index >= 15 is 0 Å². The van der Waals surface area contributed by atoms with E-state index in [1.54, 1.807) is 48.5 Å². The molecule has 3 rings (SSSR count). The Balaban J connectivity index is 1.89. The van der Waals surface area contributed by atoms with Gasteiger partial charge < -0.3 is 4.74 Å². The zero-order chi connectivity index (χ0) is 21.4. The van der Waals surface area contributed by atoms with Gasteiger partial charge in [-0.15, -0.1) is 0 Å². The highest BCUT2D eigenvalue weighted by Gasteiger charge is 2.65. The maximum Gasteiger partial charge on any atom is 0.431 e. The zero-order valence-electron chi connectivity index (χ0n) is 14.6. The molecular formula is C19H14F4O5S. The molecule has 0 fully saturated rings. The van der Waals surface area contributed by atoms with Gasteiger partial charge >= 0.3 is 27.3 Å². The van der Waals surface area contributed by atoms with Crippen LogP contribution in [0.25, 0.3) is 21.5 Å². The molecule has 10 heteroatoms. The highest BCUT2D eigenvalue weighted by molar-refractivity contribution is 7.87. The minimum atomic E-state index is -6.34. The summed E-state index contributed by atoms with van der Waals surface area (Å²) in [6.07, 6.45) is -1.80. The van der Waals surface area contributed by atoms with E-state index in [4.69, 9.17) is 9.29 Å². The van der Waals surface area contributed by atoms with Crippen molar-refractivity contribution in [2.24, 2.45) is 0 Å². The van der Waals surface area contributed by atoms with Crippen LogP contribution in [-0.4, -0.2) is 36.7 Å². The number of hydrogen-bond acceptors (Lipinski definition) is 4. The molecule has 3 aromatic rings. The number of carbonyl (C=O) groups excluding carboxylic acids is 1. The average molecular weight is 430 g/mol. The van der Waals surface area contributed by atoms with E-state index in [1.807, 2.05) is 6.07 Å². The Kier molecular flexibility index (Phi) is 5.26. The van der Waals surface area contributed by atoms with Crippen molar-refractivity contribution in [1.82, 2.24) is 0 Å². The summed E-state index contributed by atoms with van der Waals surface area (Å²) in [5.41, 5.74) is 0.0727. The third-order valence-corrected chi connectivity index (χ3v) is 5.32. The summed E-state index contributed by atoms with van der Waals surface area (Å²) in [6, 6.07) is 15.3. The van der Waals surface area contributed by atoms with Crippen molar-refractivity contribution in [2.45, 2.75) is 17.6 Å². The van der Waals surface area contributed by atoms with Crippen molar-refractivity contribution >= 4 is 37.6 Å². The first-order valence-corrected chi connectivity index (χ1v) is 9.70. The monoisotopic (exact) mass is 430 g/mol. The third-order valence-electron chi connectivity index (χ3n) is 4.37. The Labute approximate surface area is 162 Å². The topological polar surface area (TPSA) is 80.7 Å². The molecule has 1 N–H and O–H groups in total. The molecule has 0 unspecified atom stereocenters. The van der Waals surface area contributed by atoms with Gasteiger partial charge in [0, 0.05) is 0 Å². The number of rotatable bonds is 6. The quantitative estimate of drug-likeness (QED) is 0.266. The summed E-state index contributed by atoms with van der Waals surface area (Å²) in [4.78, 5) is 12.6. The summed E-state index contributed by atoms with van der Waals surface area (Å²) in [5.74, 6) is -6.16. The molecule has 0 radical (unpaired) electrons. The van der Waals surface area contributed by atoms with Gasteiger partial charge in [-0.05, 0) is 27.6 Å². The summed E-state index contributed by atoms with van der Waals surface area (Å²) in [5, 5.41) is -3.39. The van der Waals surface area contributed by atoms with Gasteiger partial charge in [0.05, 0.1) is 18.6 Å². The molecule has 154 valence electrons. The van der Waals surface area contributed by atoms with Crippen LogP contribution in [-0.2, 0) is 14.9 Å². The van der Waals surface area contributed by atoms with E-state index < -0.39 is 40.3 Å². The molecule has 0 aromatic heterocycles. The first-order chi connectivity index (χ1) is 13.5. The van der Waals surface area contributed by atoms with Crippen molar-refractivity contribution in [3.63, 3.8) is 0 Å². The molecule has 29 heavy (non-hydrogen) atoms. The Bertz CT molecular complexity index is 1140. The van der Waals surface area contributed by atoms with Gasteiger partial charge in [-0.25, -0.2) is 4.79 Å². The lowest BCUT2D eigenvalue weighted by Crippen LogP contribution is -2.47. The van der Waals surface area contributed by atoms with E-state index in [0.717, 1.165) is 0 Å². The Morgan fingerprint density at radius 1 is 0.931 bits per heavy atom. The second kappa shape index (κ2) is 7.27. The predicted octanol–water partition coefficient (Wildman–Crippen LogP) is 4.66. The van der Waals surface area contributed by atoms with Crippen LogP contribution in [0.4, 0.5) is 17.6 Å². The van der Waals surface area contributed by atoms with Gasteiger partial charge in [0.2, 0.25) is 0 Å². The number of ether oxygens (including phenoxy) is 1. The largest absolute Gasteiger partial charge is 0.462 e. The molecule has 0 aliphatic rings. The molecule has 5 nitrogen and oxygen atoms in total.